The van der Waals surface area contributed by atoms with Crippen LogP contribution in [0.3, 0.4) is 0 Å². The Kier molecular flexibility index (Phi) is 12.6. The van der Waals surface area contributed by atoms with Crippen LogP contribution in [0.4, 0.5) is 34.1 Å². The normalized spacial score (nSPS) is 12.7. The molecule has 1 aliphatic heterocycles. The molecule has 0 saturated heterocycles. The number of fused-ring (bicyclic) bond motifs is 22. The van der Waals surface area contributed by atoms with Crippen LogP contribution in [0.5, 0.6) is 0 Å². The van der Waals surface area contributed by atoms with Crippen LogP contribution in [0.15, 0.2) is 382 Å². The topological polar surface area (TPSA) is 21.3 Å². The van der Waals surface area contributed by atoms with Gasteiger partial charge in [-0.15, -0.1) is 0 Å². The number of para-hydroxylation sites is 5. The molecule has 0 atom stereocenters. The Labute approximate surface area is 601 Å². The summed E-state index contributed by atoms with van der Waals surface area (Å²) in [6.07, 6.45) is 0. The second-order valence-electron chi connectivity index (χ2n) is 27.9. The van der Waals surface area contributed by atoms with Gasteiger partial charge in [-0.05, 0) is 188 Å². The van der Waals surface area contributed by atoms with E-state index in [9.17, 15) is 0 Å². The van der Waals surface area contributed by atoms with Gasteiger partial charge in [0.25, 0.3) is 0 Å². The van der Waals surface area contributed by atoms with Crippen LogP contribution in [-0.4, -0.2) is 13.7 Å². The minimum atomic E-state index is -0.801. The van der Waals surface area contributed by atoms with Crippen molar-refractivity contribution in [3.05, 3.63) is 404 Å². The number of rotatable bonds is 10. The lowest BCUT2D eigenvalue weighted by molar-refractivity contribution is 0.748. The molecule has 22 rings (SSSR count). The Bertz CT molecular complexity index is 6550. The molecular weight excluding hydrogens is 1260 g/mol. The van der Waals surface area contributed by atoms with Gasteiger partial charge in [-0.2, -0.15) is 0 Å². The van der Waals surface area contributed by atoms with E-state index in [1.165, 1.54) is 137 Å². The summed E-state index contributed by atoms with van der Waals surface area (Å²) < 4.78 is 7.51. The van der Waals surface area contributed by atoms with Crippen molar-refractivity contribution in [2.24, 2.45) is 0 Å². The summed E-state index contributed by atoms with van der Waals surface area (Å²) >= 11 is 0. The van der Waals surface area contributed by atoms with Crippen molar-refractivity contribution in [1.82, 2.24) is 13.7 Å². The van der Waals surface area contributed by atoms with Crippen molar-refractivity contribution < 1.29 is 0 Å². The zero-order valence-corrected chi connectivity index (χ0v) is 56.6. The lowest BCUT2D eigenvalue weighted by Crippen LogP contribution is -2.33. The largest absolute Gasteiger partial charge is 0.310 e. The molecule has 1 aliphatic carbocycles. The van der Waals surface area contributed by atoms with Gasteiger partial charge < -0.3 is 23.5 Å². The SMILES string of the molecule is c1ccc(-c2ccc(-n3c4ccc(N(c5ccccc5)c5ccc6c(c5)C5(c7cc(N(c8ccccc8)c8ccc9c(c8)c8ccc%10ccccc%10c8n9-c8ccc(-c9ccccc9)cc8)ccc7-6)c6ccccc6-n6c7ccccc7c7cccc5c76)cc4c4ccc5ccccc5c43)cc2)cc1. The number of benzene rings is 17. The number of hydrogen-bond donors (Lipinski definition) is 0. The molecule has 0 fully saturated rings. The summed E-state index contributed by atoms with van der Waals surface area (Å²) in [6.45, 7) is 0. The molecule has 0 radical (unpaired) electrons. The van der Waals surface area contributed by atoms with E-state index in [1.807, 2.05) is 0 Å². The van der Waals surface area contributed by atoms with E-state index < -0.39 is 5.41 Å². The van der Waals surface area contributed by atoms with Crippen LogP contribution in [0.25, 0.3) is 137 Å². The van der Waals surface area contributed by atoms with Crippen LogP contribution in [-0.2, 0) is 5.41 Å². The maximum Gasteiger partial charge on any atom is 0.0756 e. The van der Waals surface area contributed by atoms with Crippen molar-refractivity contribution in [2.75, 3.05) is 9.80 Å². The summed E-state index contributed by atoms with van der Waals surface area (Å²) in [4.78, 5) is 4.97. The van der Waals surface area contributed by atoms with Gasteiger partial charge in [0, 0.05) is 88.6 Å². The van der Waals surface area contributed by atoms with E-state index in [4.69, 9.17) is 0 Å². The molecule has 2 aliphatic rings. The number of nitrogens with zero attached hydrogens (tertiary/aromatic N) is 5. The highest BCUT2D eigenvalue weighted by molar-refractivity contribution is 6.21. The fourth-order valence-corrected chi connectivity index (χ4v) is 18.1. The molecule has 0 N–H and O–H groups in total. The fraction of sp³-hybridized carbons (Fsp3) is 0.0101. The van der Waals surface area contributed by atoms with Crippen molar-refractivity contribution >= 4 is 121 Å². The lowest BCUT2D eigenvalue weighted by atomic mass is 9.65. The molecule has 1 spiro atoms. The van der Waals surface area contributed by atoms with Gasteiger partial charge >= 0.3 is 0 Å². The smallest absolute Gasteiger partial charge is 0.0756 e. The molecule has 17 aromatic carbocycles. The van der Waals surface area contributed by atoms with E-state index in [0.29, 0.717) is 0 Å². The first-order valence-corrected chi connectivity index (χ1v) is 36.0. The van der Waals surface area contributed by atoms with E-state index >= 15 is 0 Å². The molecule has 484 valence electrons. The first-order chi connectivity index (χ1) is 51.6. The highest BCUT2D eigenvalue weighted by Crippen LogP contribution is 2.63. The zero-order chi connectivity index (χ0) is 68.1. The third kappa shape index (κ3) is 8.44. The molecule has 4 heterocycles. The van der Waals surface area contributed by atoms with Gasteiger partial charge in [0.2, 0.25) is 0 Å². The molecule has 0 saturated carbocycles. The van der Waals surface area contributed by atoms with Crippen molar-refractivity contribution in [2.45, 2.75) is 5.41 Å². The van der Waals surface area contributed by atoms with Crippen molar-refractivity contribution in [1.29, 1.82) is 0 Å². The molecule has 0 unspecified atom stereocenters. The molecule has 0 amide bonds. The van der Waals surface area contributed by atoms with Gasteiger partial charge in [-0.1, -0.05) is 261 Å². The van der Waals surface area contributed by atoms with Crippen LogP contribution in [0.1, 0.15) is 22.3 Å². The third-order valence-electron chi connectivity index (χ3n) is 22.5. The maximum atomic E-state index is 2.55. The summed E-state index contributed by atoms with van der Waals surface area (Å²) in [7, 11) is 0. The fourth-order valence-electron chi connectivity index (χ4n) is 18.1. The Morgan fingerprint density at radius 1 is 0.202 bits per heavy atom. The number of hydrogen-bond acceptors (Lipinski definition) is 2. The quantitative estimate of drug-likeness (QED) is 0.136. The first kappa shape index (κ1) is 58.1. The summed E-state index contributed by atoms with van der Waals surface area (Å²) in [5.74, 6) is 0. The summed E-state index contributed by atoms with van der Waals surface area (Å²) in [5, 5.41) is 12.1. The molecule has 3 aromatic heterocycles. The second kappa shape index (κ2) is 22.6. The van der Waals surface area contributed by atoms with E-state index in [2.05, 4.69) is 406 Å². The van der Waals surface area contributed by atoms with E-state index in [-0.39, 0.29) is 0 Å². The minimum absolute atomic E-state index is 0.801. The summed E-state index contributed by atoms with van der Waals surface area (Å²) in [5.41, 5.74) is 28.4. The first-order valence-electron chi connectivity index (χ1n) is 36.0. The number of aromatic nitrogens is 3. The van der Waals surface area contributed by atoms with Crippen LogP contribution in [0.2, 0.25) is 0 Å². The zero-order valence-electron chi connectivity index (χ0n) is 56.6. The molecule has 104 heavy (non-hydrogen) atoms. The Morgan fingerprint density at radius 2 is 0.587 bits per heavy atom. The van der Waals surface area contributed by atoms with Crippen molar-refractivity contribution in [3.8, 4) is 50.4 Å². The Balaban J connectivity index is 0.761. The lowest BCUT2D eigenvalue weighted by Gasteiger charge is -2.40. The Hall–Kier alpha value is -13.7. The predicted octanol–water partition coefficient (Wildman–Crippen LogP) is 26.2. The minimum Gasteiger partial charge on any atom is -0.310 e. The number of anilines is 6. The van der Waals surface area contributed by atoms with Gasteiger partial charge in [-0.3, -0.25) is 0 Å². The molecular formula is C99H63N5. The maximum absolute atomic E-state index is 2.55. The predicted molar refractivity (Wildman–Crippen MR) is 436 cm³/mol. The van der Waals surface area contributed by atoms with Gasteiger partial charge in [-0.25, -0.2) is 0 Å². The van der Waals surface area contributed by atoms with E-state index in [1.54, 1.807) is 0 Å². The molecule has 0 bridgehead atoms. The molecule has 5 nitrogen and oxygen atoms in total. The van der Waals surface area contributed by atoms with Crippen molar-refractivity contribution in [3.63, 3.8) is 0 Å². The molecule has 5 heteroatoms. The van der Waals surface area contributed by atoms with Crippen LogP contribution in [0, 0.1) is 0 Å². The highest BCUT2D eigenvalue weighted by Gasteiger charge is 2.51. The average Bonchev–Trinajstić information content (AvgIpc) is 1.47. The monoisotopic (exact) mass is 1320 g/mol. The van der Waals surface area contributed by atoms with Crippen LogP contribution < -0.4 is 9.80 Å². The average molecular weight is 1320 g/mol. The molecule has 20 aromatic rings. The van der Waals surface area contributed by atoms with Gasteiger partial charge in [0.15, 0.2) is 0 Å². The highest BCUT2D eigenvalue weighted by atomic mass is 15.2. The third-order valence-corrected chi connectivity index (χ3v) is 22.5. The van der Waals surface area contributed by atoms with Gasteiger partial charge in [0.1, 0.15) is 0 Å². The van der Waals surface area contributed by atoms with E-state index in [0.717, 1.165) is 56.5 Å². The standard InChI is InChI=1S/C99H63N5/c1-5-22-64(23-6-1)66-40-46-72(47-41-66)102-93-58-52-74(60-86(93)84-54-44-68-26-13-15-32-78(68)96(84)102)100(70-28-9-3-10-29-70)76-50-56-80-81-57-51-77(63-91(81)99(90(80)62-76)88-36-18-20-39-95(88)104-92-38-19-17-34-82(92)83-35-21-37-89(99)98(83)104)101(71-30-11-4-12-31-71)75-53-59-94-87(61-75)85-55-45-69-27-14-16-33-79(69)97(85)103(94)73-48-42-67(43-49-73)65-24-7-2-8-25-65/h1-63H. The second-order valence-corrected chi connectivity index (χ2v) is 27.9. The van der Waals surface area contributed by atoms with Gasteiger partial charge in [0.05, 0.1) is 44.2 Å². The summed E-state index contributed by atoms with van der Waals surface area (Å²) in [6, 6.07) is 143. The Morgan fingerprint density at radius 3 is 1.11 bits per heavy atom. The van der Waals surface area contributed by atoms with Crippen LogP contribution >= 0.6 is 0 Å².